The van der Waals surface area contributed by atoms with Crippen molar-refractivity contribution in [3.63, 3.8) is 0 Å². The normalized spacial score (nSPS) is 12.5. The molecule has 0 radical (unpaired) electrons. The Hall–Kier alpha value is -3.60. The minimum absolute atomic E-state index is 0.0483. The van der Waals surface area contributed by atoms with Gasteiger partial charge in [0.25, 0.3) is 0 Å². The van der Waals surface area contributed by atoms with E-state index in [1.54, 1.807) is 0 Å². The van der Waals surface area contributed by atoms with E-state index in [-0.39, 0.29) is 18.4 Å². The summed E-state index contributed by atoms with van der Waals surface area (Å²) in [6.45, 7) is 4.07. The smallest absolute Gasteiger partial charge is 0.408 e. The third kappa shape index (κ3) is 6.44. The van der Waals surface area contributed by atoms with Crippen LogP contribution < -0.4 is 10.6 Å². The highest BCUT2D eigenvalue weighted by Gasteiger charge is 2.26. The summed E-state index contributed by atoms with van der Waals surface area (Å²) in [6.07, 6.45) is 0.132. The van der Waals surface area contributed by atoms with Crippen molar-refractivity contribution in [1.82, 2.24) is 5.32 Å². The number of ether oxygens (including phenoxy) is 1. The molecule has 0 aromatic heterocycles. The quantitative estimate of drug-likeness (QED) is 0.500. The second kappa shape index (κ2) is 11.0. The molecule has 3 aromatic rings. The number of alkyl carbamates (subject to hydrolysis) is 1. The zero-order valence-corrected chi connectivity index (χ0v) is 17.9. The van der Waals surface area contributed by atoms with Gasteiger partial charge < -0.3 is 15.4 Å². The molecule has 3 rings (SSSR count). The highest BCUT2D eigenvalue weighted by molar-refractivity contribution is 5.97. The van der Waals surface area contributed by atoms with Gasteiger partial charge in [-0.2, -0.15) is 0 Å². The molecule has 0 fully saturated rings. The fourth-order valence-electron chi connectivity index (χ4n) is 3.19. The maximum atomic E-state index is 12.9. The first-order valence-electron chi connectivity index (χ1n) is 10.5. The van der Waals surface area contributed by atoms with Gasteiger partial charge >= 0.3 is 6.09 Å². The van der Waals surface area contributed by atoms with Gasteiger partial charge in [0, 0.05) is 5.69 Å². The molecular weight excluding hydrogens is 388 g/mol. The number of hydrogen-bond acceptors (Lipinski definition) is 3. The van der Waals surface area contributed by atoms with E-state index >= 15 is 0 Å². The Morgan fingerprint density at radius 2 is 1.42 bits per heavy atom. The van der Waals surface area contributed by atoms with Crippen LogP contribution in [0, 0.1) is 5.92 Å². The lowest BCUT2D eigenvalue weighted by atomic mass is 9.98. The van der Waals surface area contributed by atoms with Crippen molar-refractivity contribution in [2.75, 3.05) is 5.32 Å². The van der Waals surface area contributed by atoms with Crippen LogP contribution in [0.5, 0.6) is 0 Å². The van der Waals surface area contributed by atoms with Crippen molar-refractivity contribution >= 4 is 17.7 Å². The Morgan fingerprint density at radius 1 is 0.839 bits per heavy atom. The molecule has 160 valence electrons. The molecule has 0 spiro atoms. The second-order valence-corrected chi connectivity index (χ2v) is 7.50. The van der Waals surface area contributed by atoms with Crippen LogP contribution in [-0.4, -0.2) is 18.0 Å². The molecule has 0 unspecified atom stereocenters. The average Bonchev–Trinajstić information content (AvgIpc) is 2.82. The van der Waals surface area contributed by atoms with Gasteiger partial charge in [0.2, 0.25) is 5.91 Å². The average molecular weight is 417 g/mol. The molecular formula is C26H28N2O3. The molecule has 0 aliphatic rings. The van der Waals surface area contributed by atoms with Gasteiger partial charge in [-0.05, 0) is 34.7 Å². The van der Waals surface area contributed by atoms with Gasteiger partial charge in [-0.25, -0.2) is 4.79 Å². The van der Waals surface area contributed by atoms with E-state index in [2.05, 4.69) is 10.6 Å². The van der Waals surface area contributed by atoms with Crippen molar-refractivity contribution in [3.8, 4) is 11.1 Å². The van der Waals surface area contributed by atoms with Gasteiger partial charge in [0.15, 0.2) is 0 Å². The fraction of sp³-hybridized carbons (Fsp3) is 0.231. The maximum Gasteiger partial charge on any atom is 0.408 e. The minimum atomic E-state index is -0.693. The lowest BCUT2D eigenvalue weighted by Crippen LogP contribution is -2.47. The van der Waals surface area contributed by atoms with E-state index in [0.29, 0.717) is 5.69 Å². The summed E-state index contributed by atoms with van der Waals surface area (Å²) in [5, 5.41) is 5.63. The molecule has 5 heteroatoms. The van der Waals surface area contributed by atoms with E-state index in [1.165, 1.54) is 0 Å². The SMILES string of the molecule is CC[C@@H](C)[C@@H](NC(=O)OCc1ccccc1)C(=O)Nc1ccc(-c2ccccc2)cc1. The van der Waals surface area contributed by atoms with Gasteiger partial charge in [-0.1, -0.05) is 93.1 Å². The molecule has 2 N–H and O–H groups in total. The molecule has 3 aromatic carbocycles. The van der Waals surface area contributed by atoms with Crippen LogP contribution in [0.1, 0.15) is 25.8 Å². The Balaban J connectivity index is 1.61. The van der Waals surface area contributed by atoms with Crippen LogP contribution in [0.25, 0.3) is 11.1 Å². The molecule has 0 bridgehead atoms. The molecule has 0 aliphatic carbocycles. The van der Waals surface area contributed by atoms with Crippen LogP contribution in [-0.2, 0) is 16.1 Å². The molecule has 0 aliphatic heterocycles. The summed E-state index contributed by atoms with van der Waals surface area (Å²) in [5.41, 5.74) is 3.75. The largest absolute Gasteiger partial charge is 0.445 e. The fourth-order valence-corrected chi connectivity index (χ4v) is 3.19. The van der Waals surface area contributed by atoms with Crippen molar-refractivity contribution < 1.29 is 14.3 Å². The number of amides is 2. The van der Waals surface area contributed by atoms with E-state index < -0.39 is 12.1 Å². The van der Waals surface area contributed by atoms with Crippen LogP contribution in [0.3, 0.4) is 0 Å². The van der Waals surface area contributed by atoms with Gasteiger partial charge in [0.05, 0.1) is 0 Å². The van der Waals surface area contributed by atoms with Crippen LogP contribution >= 0.6 is 0 Å². The number of rotatable bonds is 8. The number of carbonyl (C=O) groups is 2. The van der Waals surface area contributed by atoms with Crippen molar-refractivity contribution in [2.45, 2.75) is 32.9 Å². The zero-order chi connectivity index (χ0) is 22.1. The van der Waals surface area contributed by atoms with Crippen LogP contribution in [0.15, 0.2) is 84.9 Å². The predicted molar refractivity (Wildman–Crippen MR) is 124 cm³/mol. The summed E-state index contributed by atoms with van der Waals surface area (Å²) in [7, 11) is 0. The Bertz CT molecular complexity index is 973. The third-order valence-electron chi connectivity index (χ3n) is 5.24. The zero-order valence-electron chi connectivity index (χ0n) is 17.9. The molecule has 5 nitrogen and oxygen atoms in total. The molecule has 2 atom stereocenters. The Kier molecular flexibility index (Phi) is 7.82. The van der Waals surface area contributed by atoms with Gasteiger partial charge in [-0.3, -0.25) is 4.79 Å². The number of anilines is 1. The molecule has 31 heavy (non-hydrogen) atoms. The summed E-state index contributed by atoms with van der Waals surface area (Å²) in [5.74, 6) is -0.314. The Morgan fingerprint density at radius 3 is 2.03 bits per heavy atom. The number of carbonyl (C=O) groups excluding carboxylic acids is 2. The monoisotopic (exact) mass is 416 g/mol. The lowest BCUT2D eigenvalue weighted by molar-refractivity contribution is -0.119. The first-order valence-corrected chi connectivity index (χ1v) is 10.5. The standard InChI is InChI=1S/C26H28N2O3/c1-3-19(2)24(28-26(30)31-18-20-10-6-4-7-11-20)25(29)27-23-16-14-22(15-17-23)21-12-8-5-9-13-21/h4-17,19,24H,3,18H2,1-2H3,(H,27,29)(H,28,30)/t19-,24-/m1/s1. The van der Waals surface area contributed by atoms with E-state index in [1.807, 2.05) is 98.8 Å². The summed E-state index contributed by atoms with van der Waals surface area (Å²) >= 11 is 0. The third-order valence-corrected chi connectivity index (χ3v) is 5.24. The molecule has 0 saturated carbocycles. The van der Waals surface area contributed by atoms with E-state index in [4.69, 9.17) is 4.74 Å². The summed E-state index contributed by atoms with van der Waals surface area (Å²) < 4.78 is 5.29. The van der Waals surface area contributed by atoms with Crippen molar-refractivity contribution in [3.05, 3.63) is 90.5 Å². The second-order valence-electron chi connectivity index (χ2n) is 7.50. The molecule has 0 saturated heterocycles. The van der Waals surface area contributed by atoms with Crippen molar-refractivity contribution in [2.24, 2.45) is 5.92 Å². The van der Waals surface area contributed by atoms with Crippen molar-refractivity contribution in [1.29, 1.82) is 0 Å². The topological polar surface area (TPSA) is 67.4 Å². The highest BCUT2D eigenvalue weighted by Crippen LogP contribution is 2.21. The van der Waals surface area contributed by atoms with Gasteiger partial charge in [0.1, 0.15) is 12.6 Å². The van der Waals surface area contributed by atoms with E-state index in [9.17, 15) is 9.59 Å². The van der Waals surface area contributed by atoms with Gasteiger partial charge in [-0.15, -0.1) is 0 Å². The summed E-state index contributed by atoms with van der Waals surface area (Å²) in [4.78, 5) is 25.2. The number of benzene rings is 3. The Labute approximate surface area is 183 Å². The number of hydrogen-bond donors (Lipinski definition) is 2. The highest BCUT2D eigenvalue weighted by atomic mass is 16.5. The minimum Gasteiger partial charge on any atom is -0.445 e. The summed E-state index contributed by atoms with van der Waals surface area (Å²) in [6, 6.07) is 26.4. The maximum absolute atomic E-state index is 12.9. The molecule has 2 amide bonds. The van der Waals surface area contributed by atoms with Crippen LogP contribution in [0.2, 0.25) is 0 Å². The van der Waals surface area contributed by atoms with E-state index in [0.717, 1.165) is 23.1 Å². The van der Waals surface area contributed by atoms with Crippen LogP contribution in [0.4, 0.5) is 10.5 Å². The first kappa shape index (κ1) is 22.1. The lowest BCUT2D eigenvalue weighted by Gasteiger charge is -2.23. The molecule has 0 heterocycles. The predicted octanol–water partition coefficient (Wildman–Crippen LogP) is 5.63. The first-order chi connectivity index (χ1) is 15.1. The number of nitrogens with one attached hydrogen (secondary N) is 2.